The molecule has 2 nitrogen and oxygen atoms in total. The number of hydrogen-bond acceptors (Lipinski definition) is 2. The molecule has 0 bridgehead atoms. The third-order valence-electron chi connectivity index (χ3n) is 5.57. The van der Waals surface area contributed by atoms with Gasteiger partial charge >= 0.3 is 0 Å². The first kappa shape index (κ1) is 21.0. The van der Waals surface area contributed by atoms with Gasteiger partial charge in [-0.05, 0) is 12.3 Å². The number of unbranched alkanes of at least 4 members (excludes halogenated alkanes) is 12. The lowest BCUT2D eigenvalue weighted by Gasteiger charge is -2.21. The van der Waals surface area contributed by atoms with Crippen molar-refractivity contribution in [3.05, 3.63) is 0 Å². The summed E-state index contributed by atoms with van der Waals surface area (Å²) in [6.07, 6.45) is 27.0. The quantitative estimate of drug-likeness (QED) is 0.180. The molecule has 1 rings (SSSR count). The molecule has 0 atom stereocenters. The fraction of sp³-hybridized carbons (Fsp3) is 1.00. The molecule has 0 amide bonds. The van der Waals surface area contributed by atoms with Gasteiger partial charge in [0.2, 0.25) is 0 Å². The standard InChI is InChI=1S/C21H42O2/c22-23-20-16-11-9-7-5-3-1-2-4-6-8-10-13-17-21-18-14-12-15-19-21/h21-22H,1-20H2. The monoisotopic (exact) mass is 326 g/mol. The molecule has 0 aromatic heterocycles. The summed E-state index contributed by atoms with van der Waals surface area (Å²) in [4.78, 5) is 4.08. The Morgan fingerprint density at radius 1 is 0.565 bits per heavy atom. The second kappa shape index (κ2) is 16.8. The third kappa shape index (κ3) is 14.0. The lowest BCUT2D eigenvalue weighted by Crippen LogP contribution is -2.05. The Labute approximate surface area is 145 Å². The highest BCUT2D eigenvalue weighted by Crippen LogP contribution is 2.28. The molecule has 0 aromatic carbocycles. The van der Waals surface area contributed by atoms with Crippen LogP contribution in [0.3, 0.4) is 0 Å². The molecule has 1 aliphatic carbocycles. The minimum Gasteiger partial charge on any atom is -0.252 e. The van der Waals surface area contributed by atoms with Crippen molar-refractivity contribution in [1.29, 1.82) is 0 Å². The van der Waals surface area contributed by atoms with Crippen LogP contribution in [0.5, 0.6) is 0 Å². The lowest BCUT2D eigenvalue weighted by atomic mass is 9.85. The third-order valence-corrected chi connectivity index (χ3v) is 5.57. The predicted molar refractivity (Wildman–Crippen MR) is 99.8 cm³/mol. The van der Waals surface area contributed by atoms with Crippen LogP contribution in [0.25, 0.3) is 0 Å². The lowest BCUT2D eigenvalue weighted by molar-refractivity contribution is -0.242. The second-order valence-electron chi connectivity index (χ2n) is 7.72. The fourth-order valence-corrected chi connectivity index (χ4v) is 4.02. The summed E-state index contributed by atoms with van der Waals surface area (Å²) in [5, 5.41) is 8.22. The number of rotatable bonds is 16. The highest BCUT2D eigenvalue weighted by molar-refractivity contribution is 4.65. The molecule has 0 aliphatic heterocycles. The second-order valence-corrected chi connectivity index (χ2v) is 7.72. The van der Waals surface area contributed by atoms with Gasteiger partial charge in [-0.25, -0.2) is 4.89 Å². The highest BCUT2D eigenvalue weighted by atomic mass is 17.1. The van der Waals surface area contributed by atoms with Gasteiger partial charge in [-0.3, -0.25) is 5.26 Å². The predicted octanol–water partition coefficient (Wildman–Crippen LogP) is 7.52. The summed E-state index contributed by atoms with van der Waals surface area (Å²) in [7, 11) is 0. The van der Waals surface area contributed by atoms with E-state index in [9.17, 15) is 0 Å². The molecular weight excluding hydrogens is 284 g/mol. The minimum absolute atomic E-state index is 0.501. The van der Waals surface area contributed by atoms with Crippen LogP contribution < -0.4 is 0 Å². The molecule has 0 unspecified atom stereocenters. The number of hydrogen-bond donors (Lipinski definition) is 1. The van der Waals surface area contributed by atoms with Gasteiger partial charge in [0.15, 0.2) is 0 Å². The minimum atomic E-state index is 0.501. The van der Waals surface area contributed by atoms with Gasteiger partial charge in [0.25, 0.3) is 0 Å². The van der Waals surface area contributed by atoms with E-state index in [-0.39, 0.29) is 0 Å². The molecule has 1 fully saturated rings. The zero-order chi connectivity index (χ0) is 16.4. The van der Waals surface area contributed by atoms with Crippen molar-refractivity contribution in [2.24, 2.45) is 5.92 Å². The first-order chi connectivity index (χ1) is 11.4. The van der Waals surface area contributed by atoms with E-state index >= 15 is 0 Å². The van der Waals surface area contributed by atoms with Crippen molar-refractivity contribution in [3.63, 3.8) is 0 Å². The van der Waals surface area contributed by atoms with Crippen LogP contribution in [0, 0.1) is 5.92 Å². The van der Waals surface area contributed by atoms with Crippen LogP contribution in [0.1, 0.15) is 122 Å². The molecule has 0 spiro atoms. The van der Waals surface area contributed by atoms with Gasteiger partial charge in [-0.15, -0.1) is 0 Å². The van der Waals surface area contributed by atoms with E-state index in [2.05, 4.69) is 4.89 Å². The summed E-state index contributed by atoms with van der Waals surface area (Å²) in [5.74, 6) is 1.08. The molecule has 0 saturated heterocycles. The maximum Gasteiger partial charge on any atom is 0.0819 e. The van der Waals surface area contributed by atoms with E-state index in [0.717, 1.165) is 12.3 Å². The van der Waals surface area contributed by atoms with Crippen LogP contribution in [0.15, 0.2) is 0 Å². The van der Waals surface area contributed by atoms with Gasteiger partial charge in [-0.1, -0.05) is 116 Å². The zero-order valence-electron chi connectivity index (χ0n) is 15.6. The summed E-state index contributed by atoms with van der Waals surface area (Å²) >= 11 is 0. The Balaban J connectivity index is 1.67. The van der Waals surface area contributed by atoms with Crippen molar-refractivity contribution in [3.8, 4) is 0 Å². The molecule has 0 heterocycles. The van der Waals surface area contributed by atoms with Crippen molar-refractivity contribution in [1.82, 2.24) is 0 Å². The Morgan fingerprint density at radius 2 is 1.00 bits per heavy atom. The van der Waals surface area contributed by atoms with E-state index in [4.69, 9.17) is 5.26 Å². The zero-order valence-corrected chi connectivity index (χ0v) is 15.6. The van der Waals surface area contributed by atoms with Gasteiger partial charge in [-0.2, -0.15) is 0 Å². The van der Waals surface area contributed by atoms with E-state index in [0.29, 0.717) is 6.61 Å². The molecule has 23 heavy (non-hydrogen) atoms. The average Bonchev–Trinajstić information content (AvgIpc) is 2.59. The maximum absolute atomic E-state index is 8.22. The van der Waals surface area contributed by atoms with Crippen LogP contribution in [-0.2, 0) is 4.89 Å². The summed E-state index contributed by atoms with van der Waals surface area (Å²) in [5.41, 5.74) is 0. The Morgan fingerprint density at radius 3 is 1.48 bits per heavy atom. The first-order valence-electron chi connectivity index (χ1n) is 10.7. The van der Waals surface area contributed by atoms with Gasteiger partial charge < -0.3 is 0 Å². The molecule has 1 aliphatic rings. The largest absolute Gasteiger partial charge is 0.252 e. The normalized spacial score (nSPS) is 16.0. The van der Waals surface area contributed by atoms with E-state index in [1.807, 2.05) is 0 Å². The van der Waals surface area contributed by atoms with Gasteiger partial charge in [0.05, 0.1) is 6.61 Å². The first-order valence-corrected chi connectivity index (χ1v) is 10.7. The molecule has 0 aromatic rings. The fourth-order valence-electron chi connectivity index (χ4n) is 4.02. The average molecular weight is 327 g/mol. The van der Waals surface area contributed by atoms with Crippen LogP contribution in [0.2, 0.25) is 0 Å². The van der Waals surface area contributed by atoms with E-state index in [1.165, 1.54) is 116 Å². The Kier molecular flexibility index (Phi) is 15.3. The van der Waals surface area contributed by atoms with Crippen molar-refractivity contribution in [2.45, 2.75) is 122 Å². The topological polar surface area (TPSA) is 29.5 Å². The van der Waals surface area contributed by atoms with E-state index in [1.54, 1.807) is 0 Å². The SMILES string of the molecule is OOCCCCCCCCCCCCCCCC1CCCCC1. The molecule has 2 heteroatoms. The van der Waals surface area contributed by atoms with Crippen LogP contribution in [0.4, 0.5) is 0 Å². The van der Waals surface area contributed by atoms with Gasteiger partial charge in [0.1, 0.15) is 0 Å². The summed E-state index contributed by atoms with van der Waals surface area (Å²) < 4.78 is 0. The van der Waals surface area contributed by atoms with Crippen LogP contribution in [-0.4, -0.2) is 11.9 Å². The molecule has 0 radical (unpaired) electrons. The van der Waals surface area contributed by atoms with Crippen molar-refractivity contribution >= 4 is 0 Å². The summed E-state index contributed by atoms with van der Waals surface area (Å²) in [6, 6.07) is 0. The summed E-state index contributed by atoms with van der Waals surface area (Å²) in [6.45, 7) is 0.501. The van der Waals surface area contributed by atoms with Crippen LogP contribution >= 0.6 is 0 Å². The van der Waals surface area contributed by atoms with E-state index < -0.39 is 0 Å². The van der Waals surface area contributed by atoms with Crippen molar-refractivity contribution in [2.75, 3.05) is 6.61 Å². The Hall–Kier alpha value is -0.0800. The molecule has 1 saturated carbocycles. The molecular formula is C21H42O2. The molecule has 138 valence electrons. The smallest absolute Gasteiger partial charge is 0.0819 e. The maximum atomic E-state index is 8.22. The highest BCUT2D eigenvalue weighted by Gasteiger charge is 2.12. The van der Waals surface area contributed by atoms with Crippen molar-refractivity contribution < 1.29 is 10.1 Å². The molecule has 1 N–H and O–H groups in total. The van der Waals surface area contributed by atoms with Gasteiger partial charge in [0, 0.05) is 0 Å². The Bertz CT molecular complexity index is 224.